The number of nitrogens with one attached hydrogen (secondary N) is 1. The van der Waals surface area contributed by atoms with Crippen LogP contribution in [0.25, 0.3) is 0 Å². The molecule has 0 radical (unpaired) electrons. The van der Waals surface area contributed by atoms with Crippen LogP contribution >= 0.6 is 0 Å². The monoisotopic (exact) mass is 225 g/mol. The van der Waals surface area contributed by atoms with Gasteiger partial charge in [-0.25, -0.2) is 8.78 Å². The summed E-state index contributed by atoms with van der Waals surface area (Å²) in [6, 6.07) is 1.55. The average molecular weight is 225 g/mol. The molecule has 1 aromatic carbocycles. The van der Waals surface area contributed by atoms with Gasteiger partial charge in [0.2, 0.25) is 0 Å². The highest BCUT2D eigenvalue weighted by Crippen LogP contribution is 2.21. The molecule has 0 aromatic heterocycles. The Morgan fingerprint density at radius 2 is 1.73 bits per heavy atom. The smallest absolute Gasteiger partial charge is 0.374 e. The summed E-state index contributed by atoms with van der Waals surface area (Å²) in [6.45, 7) is -0.0711. The topological polar surface area (TPSA) is 12.0 Å². The fraction of sp³-hybridized carbons (Fsp3) is 0.333. The molecule has 0 unspecified atom stereocenters. The molecule has 0 heterocycles. The number of halogens is 5. The molecule has 0 bridgehead atoms. The fourth-order valence-electron chi connectivity index (χ4n) is 0.977. The summed E-state index contributed by atoms with van der Waals surface area (Å²) in [5.41, 5.74) is -0.444. The van der Waals surface area contributed by atoms with Crippen molar-refractivity contribution in [1.29, 1.82) is 0 Å². The number of alkyl halides is 3. The van der Waals surface area contributed by atoms with Gasteiger partial charge in [-0.15, -0.1) is 0 Å². The van der Waals surface area contributed by atoms with E-state index >= 15 is 0 Å². The Balaban J connectivity index is 2.82. The summed E-state index contributed by atoms with van der Waals surface area (Å²) < 4.78 is 61.2. The lowest BCUT2D eigenvalue weighted by molar-refractivity contribution is -0.115. The van der Waals surface area contributed by atoms with Crippen molar-refractivity contribution < 1.29 is 22.0 Å². The van der Waals surface area contributed by atoms with Gasteiger partial charge >= 0.3 is 6.18 Å². The highest BCUT2D eigenvalue weighted by atomic mass is 19.4. The second-order valence-electron chi connectivity index (χ2n) is 3.05. The van der Waals surface area contributed by atoms with Crippen LogP contribution in [-0.4, -0.2) is 12.7 Å². The summed E-state index contributed by atoms with van der Waals surface area (Å²) >= 11 is 0. The van der Waals surface area contributed by atoms with Crippen LogP contribution in [0.5, 0.6) is 0 Å². The van der Waals surface area contributed by atoms with Crippen LogP contribution in [0.2, 0.25) is 0 Å². The quantitative estimate of drug-likeness (QED) is 0.762. The van der Waals surface area contributed by atoms with Crippen molar-refractivity contribution in [3.8, 4) is 0 Å². The second kappa shape index (κ2) is 4.04. The molecule has 0 spiro atoms. The highest BCUT2D eigenvalue weighted by Gasteiger charge is 2.27. The van der Waals surface area contributed by atoms with E-state index in [1.54, 1.807) is 5.32 Å². The van der Waals surface area contributed by atoms with Crippen LogP contribution in [-0.2, 0) is 0 Å². The first-order valence-electron chi connectivity index (χ1n) is 4.06. The van der Waals surface area contributed by atoms with Crippen molar-refractivity contribution in [3.05, 3.63) is 29.3 Å². The molecule has 15 heavy (non-hydrogen) atoms. The van der Waals surface area contributed by atoms with Crippen LogP contribution < -0.4 is 5.32 Å². The standard InChI is InChI=1S/C9H8F5N/c1-5-2-7(11)8(3-6(5)10)15-4-9(12,13)14/h2-3,15H,4H2,1H3. The van der Waals surface area contributed by atoms with E-state index in [1.165, 1.54) is 6.92 Å². The molecule has 0 atom stereocenters. The molecular formula is C9H8F5N. The lowest BCUT2D eigenvalue weighted by Crippen LogP contribution is -2.21. The van der Waals surface area contributed by atoms with E-state index in [0.717, 1.165) is 6.07 Å². The van der Waals surface area contributed by atoms with E-state index in [9.17, 15) is 22.0 Å². The Bertz CT molecular complexity index is 358. The Kier molecular flexibility index (Phi) is 3.16. The van der Waals surface area contributed by atoms with Crippen molar-refractivity contribution in [1.82, 2.24) is 0 Å². The normalized spacial score (nSPS) is 11.6. The number of aryl methyl sites for hydroxylation is 1. The molecule has 1 nitrogen and oxygen atoms in total. The first-order valence-corrected chi connectivity index (χ1v) is 4.06. The van der Waals surface area contributed by atoms with Crippen molar-refractivity contribution in [2.75, 3.05) is 11.9 Å². The molecule has 6 heteroatoms. The predicted molar refractivity (Wildman–Crippen MR) is 45.6 cm³/mol. The largest absolute Gasteiger partial charge is 0.405 e. The summed E-state index contributed by atoms with van der Waals surface area (Å²) in [5, 5.41) is 1.78. The molecule has 0 aliphatic rings. The third-order valence-corrected chi connectivity index (χ3v) is 1.73. The van der Waals surface area contributed by atoms with Crippen LogP contribution in [0.1, 0.15) is 5.56 Å². The van der Waals surface area contributed by atoms with Gasteiger partial charge in [0.15, 0.2) is 0 Å². The van der Waals surface area contributed by atoms with E-state index in [-0.39, 0.29) is 5.56 Å². The van der Waals surface area contributed by atoms with Gasteiger partial charge in [0.1, 0.15) is 18.2 Å². The maximum atomic E-state index is 13.0. The van der Waals surface area contributed by atoms with Gasteiger partial charge in [-0.1, -0.05) is 0 Å². The lowest BCUT2D eigenvalue weighted by atomic mass is 10.2. The number of hydrogen-bond acceptors (Lipinski definition) is 1. The molecule has 0 amide bonds. The van der Waals surface area contributed by atoms with Gasteiger partial charge in [0.05, 0.1) is 5.69 Å². The van der Waals surface area contributed by atoms with Crippen molar-refractivity contribution in [2.24, 2.45) is 0 Å². The van der Waals surface area contributed by atoms with Crippen molar-refractivity contribution >= 4 is 5.69 Å². The van der Waals surface area contributed by atoms with Gasteiger partial charge in [-0.05, 0) is 18.6 Å². The molecule has 0 fully saturated rings. The molecular weight excluding hydrogens is 217 g/mol. The molecule has 1 N–H and O–H groups in total. The van der Waals surface area contributed by atoms with Crippen LogP contribution in [0.15, 0.2) is 12.1 Å². The number of rotatable bonds is 2. The third-order valence-electron chi connectivity index (χ3n) is 1.73. The minimum absolute atomic E-state index is 0.0464. The Morgan fingerprint density at radius 3 is 2.27 bits per heavy atom. The van der Waals surface area contributed by atoms with E-state index in [2.05, 4.69) is 0 Å². The predicted octanol–water partition coefficient (Wildman–Crippen LogP) is 3.25. The zero-order valence-corrected chi connectivity index (χ0v) is 7.75. The maximum Gasteiger partial charge on any atom is 0.405 e. The van der Waals surface area contributed by atoms with Crippen molar-refractivity contribution in [3.63, 3.8) is 0 Å². The Morgan fingerprint density at radius 1 is 1.13 bits per heavy atom. The van der Waals surface area contributed by atoms with Crippen LogP contribution in [0.4, 0.5) is 27.6 Å². The third kappa shape index (κ3) is 3.38. The molecule has 84 valence electrons. The first-order chi connectivity index (χ1) is 6.79. The van der Waals surface area contributed by atoms with E-state index in [1.807, 2.05) is 0 Å². The molecule has 0 aliphatic heterocycles. The maximum absolute atomic E-state index is 13.0. The van der Waals surface area contributed by atoms with E-state index in [0.29, 0.717) is 6.07 Å². The first kappa shape index (κ1) is 11.7. The minimum Gasteiger partial charge on any atom is -0.374 e. The molecule has 0 saturated carbocycles. The average Bonchev–Trinajstić information content (AvgIpc) is 2.07. The number of anilines is 1. The van der Waals surface area contributed by atoms with E-state index < -0.39 is 30.0 Å². The minimum atomic E-state index is -4.46. The Labute approximate surface area is 82.9 Å². The molecule has 1 rings (SSSR count). The molecule has 0 aliphatic carbocycles. The highest BCUT2D eigenvalue weighted by molar-refractivity contribution is 5.46. The van der Waals surface area contributed by atoms with E-state index in [4.69, 9.17) is 0 Å². The van der Waals surface area contributed by atoms with Gasteiger partial charge in [0.25, 0.3) is 0 Å². The van der Waals surface area contributed by atoms with Gasteiger partial charge in [-0.2, -0.15) is 13.2 Å². The molecule has 1 aromatic rings. The van der Waals surface area contributed by atoms with Crippen LogP contribution in [0.3, 0.4) is 0 Å². The van der Waals surface area contributed by atoms with Crippen molar-refractivity contribution in [2.45, 2.75) is 13.1 Å². The molecule has 0 saturated heterocycles. The summed E-state index contributed by atoms with van der Waals surface area (Å²) in [7, 11) is 0. The van der Waals surface area contributed by atoms with Gasteiger partial charge < -0.3 is 5.32 Å². The summed E-state index contributed by atoms with van der Waals surface area (Å²) in [4.78, 5) is 0. The van der Waals surface area contributed by atoms with Crippen LogP contribution in [0, 0.1) is 18.6 Å². The summed E-state index contributed by atoms with van der Waals surface area (Å²) in [6.07, 6.45) is -4.46. The van der Waals surface area contributed by atoms with Gasteiger partial charge in [-0.3, -0.25) is 0 Å². The summed E-state index contributed by atoms with van der Waals surface area (Å²) in [5.74, 6) is -1.65. The van der Waals surface area contributed by atoms with Gasteiger partial charge in [0, 0.05) is 6.07 Å². The fourth-order valence-corrected chi connectivity index (χ4v) is 0.977. The number of benzene rings is 1. The zero-order valence-electron chi connectivity index (χ0n) is 7.75. The lowest BCUT2D eigenvalue weighted by Gasteiger charge is -2.10. The second-order valence-corrected chi connectivity index (χ2v) is 3.05. The zero-order chi connectivity index (χ0) is 11.6. The Hall–Kier alpha value is -1.33. The SMILES string of the molecule is Cc1cc(F)c(NCC(F)(F)F)cc1F. The number of hydrogen-bond donors (Lipinski definition) is 1.